The molecule has 21 heavy (non-hydrogen) atoms. The Bertz CT molecular complexity index is 695. The number of aromatic amines is 1. The lowest BCUT2D eigenvalue weighted by Crippen LogP contribution is -2.33. The molecule has 1 aromatic heterocycles. The van der Waals surface area contributed by atoms with Crippen LogP contribution < -0.4 is 4.72 Å². The van der Waals surface area contributed by atoms with Crippen molar-refractivity contribution in [3.63, 3.8) is 0 Å². The van der Waals surface area contributed by atoms with Crippen LogP contribution in [0.3, 0.4) is 0 Å². The third kappa shape index (κ3) is 4.13. The summed E-state index contributed by atoms with van der Waals surface area (Å²) < 4.78 is 39.7. The molecule has 2 rings (SSSR count). The van der Waals surface area contributed by atoms with Gasteiger partial charge in [-0.25, -0.2) is 17.5 Å². The first kappa shape index (κ1) is 15.7. The molecular formula is C14H17FN2O3S. The van der Waals surface area contributed by atoms with Crippen molar-refractivity contribution in [2.45, 2.75) is 30.9 Å². The van der Waals surface area contributed by atoms with E-state index in [1.807, 2.05) is 0 Å². The van der Waals surface area contributed by atoms with Crippen LogP contribution in [0.25, 0.3) is 0 Å². The molecular weight excluding hydrogens is 295 g/mol. The molecule has 0 aliphatic carbocycles. The van der Waals surface area contributed by atoms with Crippen LogP contribution in [0.5, 0.6) is 0 Å². The van der Waals surface area contributed by atoms with E-state index in [0.29, 0.717) is 12.1 Å². The zero-order valence-electron chi connectivity index (χ0n) is 11.5. The number of benzene rings is 1. The highest BCUT2D eigenvalue weighted by Gasteiger charge is 2.19. The molecule has 0 spiro atoms. The molecule has 5 nitrogen and oxygen atoms in total. The number of aliphatic hydroxyl groups excluding tert-OH is 1. The van der Waals surface area contributed by atoms with Crippen LogP contribution in [-0.4, -0.2) is 24.6 Å². The molecule has 0 aliphatic heterocycles. The first-order valence-corrected chi connectivity index (χ1v) is 7.94. The summed E-state index contributed by atoms with van der Waals surface area (Å²) in [5.74, 6) is -0.323. The van der Waals surface area contributed by atoms with Gasteiger partial charge in [0, 0.05) is 17.9 Å². The molecule has 114 valence electrons. The number of sulfonamides is 1. The lowest BCUT2D eigenvalue weighted by molar-refractivity contribution is 0.277. The fourth-order valence-electron chi connectivity index (χ4n) is 2.01. The summed E-state index contributed by atoms with van der Waals surface area (Å²) in [5.41, 5.74) is 1.28. The summed E-state index contributed by atoms with van der Waals surface area (Å²) in [4.78, 5) is 2.76. The van der Waals surface area contributed by atoms with E-state index in [9.17, 15) is 12.8 Å². The second-order valence-electron chi connectivity index (χ2n) is 4.87. The van der Waals surface area contributed by atoms with Crippen molar-refractivity contribution < 1.29 is 17.9 Å². The standard InChI is InChI=1S/C14H17FN2O3S/c1-10(6-11-2-4-12(15)5-3-11)17-21(19,20)14-7-13(9-18)16-8-14/h2-5,7-8,10,16-18H,6,9H2,1H3. The Kier molecular flexibility index (Phi) is 4.76. The van der Waals surface area contributed by atoms with Gasteiger partial charge in [-0.15, -0.1) is 0 Å². The molecule has 0 saturated carbocycles. The third-order valence-electron chi connectivity index (χ3n) is 3.01. The molecule has 3 N–H and O–H groups in total. The average molecular weight is 312 g/mol. The highest BCUT2D eigenvalue weighted by molar-refractivity contribution is 7.89. The van der Waals surface area contributed by atoms with E-state index in [0.717, 1.165) is 5.56 Å². The van der Waals surface area contributed by atoms with Gasteiger partial charge in [0.05, 0.1) is 11.5 Å². The van der Waals surface area contributed by atoms with Gasteiger partial charge in [0.1, 0.15) is 5.82 Å². The van der Waals surface area contributed by atoms with Crippen LogP contribution in [0.2, 0.25) is 0 Å². The Morgan fingerprint density at radius 3 is 2.57 bits per heavy atom. The average Bonchev–Trinajstić information content (AvgIpc) is 2.90. The lowest BCUT2D eigenvalue weighted by atomic mass is 10.1. The highest BCUT2D eigenvalue weighted by atomic mass is 32.2. The number of aliphatic hydroxyl groups is 1. The van der Waals surface area contributed by atoms with E-state index >= 15 is 0 Å². The molecule has 1 aromatic carbocycles. The lowest BCUT2D eigenvalue weighted by Gasteiger charge is -2.13. The minimum absolute atomic E-state index is 0.0810. The van der Waals surface area contributed by atoms with Gasteiger partial charge in [0.25, 0.3) is 0 Å². The number of nitrogens with one attached hydrogen (secondary N) is 2. The van der Waals surface area contributed by atoms with Crippen LogP contribution in [0.15, 0.2) is 41.4 Å². The van der Waals surface area contributed by atoms with Crippen LogP contribution >= 0.6 is 0 Å². The van der Waals surface area contributed by atoms with E-state index in [1.165, 1.54) is 24.4 Å². The molecule has 2 aromatic rings. The van der Waals surface area contributed by atoms with Gasteiger partial charge in [-0.2, -0.15) is 0 Å². The first-order chi connectivity index (χ1) is 9.90. The molecule has 0 bridgehead atoms. The maximum Gasteiger partial charge on any atom is 0.242 e. The summed E-state index contributed by atoms with van der Waals surface area (Å²) >= 11 is 0. The van der Waals surface area contributed by atoms with Crippen molar-refractivity contribution in [2.24, 2.45) is 0 Å². The molecule has 0 radical (unpaired) electrons. The van der Waals surface area contributed by atoms with Crippen LogP contribution in [-0.2, 0) is 23.1 Å². The molecule has 0 fully saturated rings. The Morgan fingerprint density at radius 2 is 2.00 bits per heavy atom. The molecule has 0 saturated heterocycles. The SMILES string of the molecule is CC(Cc1ccc(F)cc1)NS(=O)(=O)c1c[nH]c(CO)c1. The number of rotatable bonds is 6. The number of hydrogen-bond acceptors (Lipinski definition) is 3. The Labute approximate surface area is 122 Å². The van der Waals surface area contributed by atoms with E-state index in [-0.39, 0.29) is 23.4 Å². The zero-order chi connectivity index (χ0) is 15.5. The van der Waals surface area contributed by atoms with Gasteiger partial charge in [0.15, 0.2) is 0 Å². The van der Waals surface area contributed by atoms with E-state index in [4.69, 9.17) is 5.11 Å². The summed E-state index contributed by atoms with van der Waals surface area (Å²) in [6.07, 6.45) is 1.79. The Balaban J connectivity index is 2.03. The van der Waals surface area contributed by atoms with Crippen molar-refractivity contribution in [3.8, 4) is 0 Å². The molecule has 1 unspecified atom stereocenters. The third-order valence-corrected chi connectivity index (χ3v) is 4.58. The minimum atomic E-state index is -3.64. The quantitative estimate of drug-likeness (QED) is 0.757. The topological polar surface area (TPSA) is 82.2 Å². The Hall–Kier alpha value is -1.70. The summed E-state index contributed by atoms with van der Waals surface area (Å²) in [6, 6.07) is 6.98. The van der Waals surface area contributed by atoms with Crippen molar-refractivity contribution in [1.82, 2.24) is 9.71 Å². The van der Waals surface area contributed by atoms with Gasteiger partial charge in [-0.1, -0.05) is 12.1 Å². The molecule has 0 aliphatic rings. The number of aromatic nitrogens is 1. The Morgan fingerprint density at radius 1 is 1.33 bits per heavy atom. The smallest absolute Gasteiger partial charge is 0.242 e. The predicted octanol–water partition coefficient (Wildman–Crippen LogP) is 1.56. The molecule has 1 heterocycles. The van der Waals surface area contributed by atoms with Crippen LogP contribution in [0, 0.1) is 5.82 Å². The van der Waals surface area contributed by atoms with Crippen molar-refractivity contribution in [2.75, 3.05) is 0 Å². The van der Waals surface area contributed by atoms with E-state index in [1.54, 1.807) is 19.1 Å². The van der Waals surface area contributed by atoms with E-state index < -0.39 is 10.0 Å². The molecule has 7 heteroatoms. The summed E-state index contributed by atoms with van der Waals surface area (Å²) in [6.45, 7) is 1.49. The maximum atomic E-state index is 12.8. The van der Waals surface area contributed by atoms with Crippen LogP contribution in [0.4, 0.5) is 4.39 Å². The molecule has 0 amide bonds. The van der Waals surface area contributed by atoms with Crippen molar-refractivity contribution >= 4 is 10.0 Å². The van der Waals surface area contributed by atoms with Gasteiger partial charge < -0.3 is 10.1 Å². The largest absolute Gasteiger partial charge is 0.390 e. The summed E-state index contributed by atoms with van der Waals surface area (Å²) in [5, 5.41) is 8.94. The fourth-order valence-corrected chi connectivity index (χ4v) is 3.27. The van der Waals surface area contributed by atoms with Crippen LogP contribution in [0.1, 0.15) is 18.2 Å². The predicted molar refractivity (Wildman–Crippen MR) is 76.6 cm³/mol. The minimum Gasteiger partial charge on any atom is -0.390 e. The maximum absolute atomic E-state index is 12.8. The van der Waals surface area contributed by atoms with Gasteiger partial charge in [-0.05, 0) is 37.1 Å². The van der Waals surface area contributed by atoms with Gasteiger partial charge in [-0.3, -0.25) is 0 Å². The highest BCUT2D eigenvalue weighted by Crippen LogP contribution is 2.13. The number of halogens is 1. The zero-order valence-corrected chi connectivity index (χ0v) is 12.3. The van der Waals surface area contributed by atoms with Gasteiger partial charge in [0.2, 0.25) is 10.0 Å². The molecule has 1 atom stereocenters. The van der Waals surface area contributed by atoms with Crippen molar-refractivity contribution in [1.29, 1.82) is 0 Å². The second-order valence-corrected chi connectivity index (χ2v) is 6.59. The normalized spacial score (nSPS) is 13.3. The first-order valence-electron chi connectivity index (χ1n) is 6.45. The summed E-state index contributed by atoms with van der Waals surface area (Å²) in [7, 11) is -3.64. The number of hydrogen-bond donors (Lipinski definition) is 3. The monoisotopic (exact) mass is 312 g/mol. The van der Waals surface area contributed by atoms with Crippen molar-refractivity contribution in [3.05, 3.63) is 53.6 Å². The van der Waals surface area contributed by atoms with E-state index in [2.05, 4.69) is 9.71 Å². The second kappa shape index (κ2) is 6.38. The van der Waals surface area contributed by atoms with Gasteiger partial charge >= 0.3 is 0 Å². The fraction of sp³-hybridized carbons (Fsp3) is 0.286. The number of H-pyrrole nitrogens is 1.